The lowest BCUT2D eigenvalue weighted by molar-refractivity contribution is 0.0728. The van der Waals surface area contributed by atoms with Gasteiger partial charge in [0, 0.05) is 6.07 Å². The zero-order chi connectivity index (χ0) is 16.6. The molecule has 0 saturated carbocycles. The Hall–Kier alpha value is -1.99. The van der Waals surface area contributed by atoms with Crippen LogP contribution in [0.1, 0.15) is 20.4 Å². The Morgan fingerprint density at radius 3 is 2.87 bits per heavy atom. The molecule has 5 nitrogen and oxygen atoms in total. The fourth-order valence-corrected chi connectivity index (χ4v) is 3.51. The topological polar surface area (TPSA) is 62.7 Å². The largest absolute Gasteiger partial charge is 0.486 e. The van der Waals surface area contributed by atoms with Crippen molar-refractivity contribution in [3.05, 3.63) is 45.7 Å². The predicted molar refractivity (Wildman–Crippen MR) is 84.3 cm³/mol. The van der Waals surface area contributed by atoms with Gasteiger partial charge in [-0.05, 0) is 26.0 Å². The van der Waals surface area contributed by atoms with Gasteiger partial charge < -0.3 is 14.7 Å². The first-order chi connectivity index (χ1) is 10.9. The summed E-state index contributed by atoms with van der Waals surface area (Å²) < 4.78 is 18.8. The zero-order valence-corrected chi connectivity index (χ0v) is 13.6. The minimum Gasteiger partial charge on any atom is -0.486 e. The second kappa shape index (κ2) is 6.25. The molecule has 1 aliphatic heterocycles. The van der Waals surface area contributed by atoms with Gasteiger partial charge in [-0.25, -0.2) is 9.37 Å². The Balaban J connectivity index is 1.71. The van der Waals surface area contributed by atoms with E-state index < -0.39 is 18.0 Å². The average molecular weight is 336 g/mol. The quantitative estimate of drug-likeness (QED) is 0.933. The van der Waals surface area contributed by atoms with E-state index in [1.54, 1.807) is 24.0 Å². The molecule has 0 aliphatic carbocycles. The van der Waals surface area contributed by atoms with Crippen LogP contribution in [0.25, 0.3) is 0 Å². The van der Waals surface area contributed by atoms with Gasteiger partial charge in [-0.3, -0.25) is 4.79 Å². The molecule has 23 heavy (non-hydrogen) atoms. The second-order valence-corrected chi connectivity index (χ2v) is 6.74. The Morgan fingerprint density at radius 1 is 1.43 bits per heavy atom. The van der Waals surface area contributed by atoms with E-state index in [0.717, 1.165) is 5.01 Å². The highest BCUT2D eigenvalue weighted by Gasteiger charge is 2.37. The first kappa shape index (κ1) is 15.9. The van der Waals surface area contributed by atoms with Crippen LogP contribution in [0.2, 0.25) is 0 Å². The van der Waals surface area contributed by atoms with E-state index in [0.29, 0.717) is 16.3 Å². The van der Waals surface area contributed by atoms with Gasteiger partial charge in [0.15, 0.2) is 0 Å². The van der Waals surface area contributed by atoms with Crippen molar-refractivity contribution in [1.29, 1.82) is 0 Å². The lowest BCUT2D eigenvalue weighted by Crippen LogP contribution is -2.31. The van der Waals surface area contributed by atoms with Crippen LogP contribution in [-0.4, -0.2) is 46.2 Å². The molecular weight excluding hydrogens is 319 g/mol. The van der Waals surface area contributed by atoms with E-state index in [1.807, 2.05) is 6.92 Å². The van der Waals surface area contributed by atoms with E-state index in [1.165, 1.54) is 23.5 Å². The number of hydrogen-bond donors (Lipinski definition) is 1. The molecule has 122 valence electrons. The first-order valence-corrected chi connectivity index (χ1v) is 8.09. The van der Waals surface area contributed by atoms with Crippen molar-refractivity contribution in [1.82, 2.24) is 9.88 Å². The van der Waals surface area contributed by atoms with Gasteiger partial charge in [0.2, 0.25) is 0 Å². The number of aliphatic hydroxyl groups excluding tert-OH is 1. The highest BCUT2D eigenvalue weighted by atomic mass is 32.1. The molecular formula is C16H17FN2O3S. The molecule has 0 spiro atoms. The molecule has 1 saturated heterocycles. The molecule has 1 aromatic heterocycles. The number of aliphatic hydroxyl groups is 1. The molecule has 0 radical (unpaired) electrons. The number of ether oxygens (including phenoxy) is 1. The number of carbonyl (C=O) groups is 1. The minimum atomic E-state index is -0.809. The summed E-state index contributed by atoms with van der Waals surface area (Å²) in [5.74, 6) is -0.218. The third-order valence-electron chi connectivity index (χ3n) is 3.71. The summed E-state index contributed by atoms with van der Waals surface area (Å²) in [4.78, 5) is 18.9. The highest BCUT2D eigenvalue weighted by molar-refractivity contribution is 7.13. The minimum absolute atomic E-state index is 0.155. The Kier molecular flexibility index (Phi) is 4.32. The summed E-state index contributed by atoms with van der Waals surface area (Å²) in [6, 6.07) is 5.74. The molecule has 2 heterocycles. The van der Waals surface area contributed by atoms with E-state index >= 15 is 0 Å². The van der Waals surface area contributed by atoms with Crippen LogP contribution in [-0.2, 0) is 0 Å². The van der Waals surface area contributed by atoms with Crippen molar-refractivity contribution in [2.75, 3.05) is 13.1 Å². The number of hydrogen-bond acceptors (Lipinski definition) is 5. The number of halogens is 1. The molecule has 1 aromatic carbocycles. The van der Waals surface area contributed by atoms with E-state index in [2.05, 4.69) is 4.98 Å². The number of amides is 1. The molecule has 3 rings (SSSR count). The Morgan fingerprint density at radius 2 is 2.22 bits per heavy atom. The Labute approximate surface area is 137 Å². The van der Waals surface area contributed by atoms with Gasteiger partial charge in [-0.1, -0.05) is 6.07 Å². The van der Waals surface area contributed by atoms with Crippen molar-refractivity contribution >= 4 is 17.2 Å². The van der Waals surface area contributed by atoms with Crippen molar-refractivity contribution < 1.29 is 19.0 Å². The molecule has 2 atom stereocenters. The fourth-order valence-electron chi connectivity index (χ4n) is 2.63. The average Bonchev–Trinajstić information content (AvgIpc) is 3.01. The van der Waals surface area contributed by atoms with Crippen LogP contribution in [0, 0.1) is 19.7 Å². The number of benzene rings is 1. The smallest absolute Gasteiger partial charge is 0.266 e. The van der Waals surface area contributed by atoms with Crippen LogP contribution in [0.15, 0.2) is 24.3 Å². The maximum absolute atomic E-state index is 13.2. The van der Waals surface area contributed by atoms with Gasteiger partial charge >= 0.3 is 0 Å². The van der Waals surface area contributed by atoms with Crippen molar-refractivity contribution in [2.45, 2.75) is 26.1 Å². The molecule has 0 unspecified atom stereocenters. The second-order valence-electron chi connectivity index (χ2n) is 5.54. The summed E-state index contributed by atoms with van der Waals surface area (Å²) in [6.45, 7) is 4.09. The number of aryl methyl sites for hydroxylation is 2. The maximum Gasteiger partial charge on any atom is 0.266 e. The number of rotatable bonds is 3. The van der Waals surface area contributed by atoms with Crippen LogP contribution in [0.4, 0.5) is 4.39 Å². The van der Waals surface area contributed by atoms with Crippen molar-refractivity contribution in [3.63, 3.8) is 0 Å². The summed E-state index contributed by atoms with van der Waals surface area (Å²) in [5, 5.41) is 11.0. The summed E-state index contributed by atoms with van der Waals surface area (Å²) in [6.07, 6.45) is -1.38. The maximum atomic E-state index is 13.2. The standard InChI is InChI=1S/C16H17FN2O3S/c1-9-15(23-10(2)18-9)16(21)19-7-13(20)14(8-19)22-12-5-3-4-11(17)6-12/h3-6,13-14,20H,7-8H2,1-2H3/t13-,14-/m1/s1. The van der Waals surface area contributed by atoms with E-state index in [9.17, 15) is 14.3 Å². The first-order valence-electron chi connectivity index (χ1n) is 7.27. The normalized spacial score (nSPS) is 20.8. The number of likely N-dealkylation sites (tertiary alicyclic amines) is 1. The van der Waals surface area contributed by atoms with Crippen LogP contribution >= 0.6 is 11.3 Å². The van der Waals surface area contributed by atoms with Crippen molar-refractivity contribution in [3.8, 4) is 5.75 Å². The van der Waals surface area contributed by atoms with Crippen LogP contribution in [0.5, 0.6) is 5.75 Å². The number of β-amino-alcohol motifs (C(OH)–C–C–N with tert-alkyl or cyclic N) is 1. The number of carbonyl (C=O) groups excluding carboxylic acids is 1. The highest BCUT2D eigenvalue weighted by Crippen LogP contribution is 2.24. The molecule has 7 heteroatoms. The van der Waals surface area contributed by atoms with Crippen LogP contribution < -0.4 is 4.74 Å². The molecule has 1 N–H and O–H groups in total. The van der Waals surface area contributed by atoms with Gasteiger partial charge in [0.1, 0.15) is 28.7 Å². The molecule has 2 aromatic rings. The fraction of sp³-hybridized carbons (Fsp3) is 0.375. The third kappa shape index (κ3) is 3.35. The third-order valence-corrected chi connectivity index (χ3v) is 4.77. The zero-order valence-electron chi connectivity index (χ0n) is 12.8. The van der Waals surface area contributed by atoms with Crippen molar-refractivity contribution in [2.24, 2.45) is 0 Å². The summed E-state index contributed by atoms with van der Waals surface area (Å²) in [5.41, 5.74) is 0.696. The summed E-state index contributed by atoms with van der Waals surface area (Å²) >= 11 is 1.34. The van der Waals surface area contributed by atoms with E-state index in [4.69, 9.17) is 4.74 Å². The van der Waals surface area contributed by atoms with Crippen LogP contribution in [0.3, 0.4) is 0 Å². The number of aromatic nitrogens is 1. The SMILES string of the molecule is Cc1nc(C)c(C(=O)N2C[C@@H](O)[C@H](Oc3cccc(F)c3)C2)s1. The number of thiazole rings is 1. The lowest BCUT2D eigenvalue weighted by Gasteiger charge is -2.17. The van der Waals surface area contributed by atoms with E-state index in [-0.39, 0.29) is 19.0 Å². The molecule has 1 amide bonds. The van der Waals surface area contributed by atoms with Gasteiger partial charge in [-0.2, -0.15) is 0 Å². The lowest BCUT2D eigenvalue weighted by atomic mass is 10.2. The monoisotopic (exact) mass is 336 g/mol. The summed E-state index contributed by atoms with van der Waals surface area (Å²) in [7, 11) is 0. The molecule has 0 bridgehead atoms. The molecule has 1 aliphatic rings. The van der Waals surface area contributed by atoms with Gasteiger partial charge in [0.25, 0.3) is 5.91 Å². The Bertz CT molecular complexity index is 734. The predicted octanol–water partition coefficient (Wildman–Crippen LogP) is 2.16. The van der Waals surface area contributed by atoms with Gasteiger partial charge in [0.05, 0.1) is 23.8 Å². The molecule has 1 fully saturated rings. The number of nitrogens with zero attached hydrogens (tertiary/aromatic N) is 2. The van der Waals surface area contributed by atoms with Gasteiger partial charge in [-0.15, -0.1) is 11.3 Å².